The Hall–Kier alpha value is -0.480. The minimum atomic E-state index is -3.54. The summed E-state index contributed by atoms with van der Waals surface area (Å²) in [5, 5.41) is 0. The lowest BCUT2D eigenvalue weighted by atomic mass is 10.1. The van der Waals surface area contributed by atoms with Crippen molar-refractivity contribution in [2.75, 3.05) is 18.8 Å². The number of nitrogens with zero attached hydrogens (tertiary/aromatic N) is 1. The van der Waals surface area contributed by atoms with E-state index >= 15 is 0 Å². The van der Waals surface area contributed by atoms with E-state index in [1.54, 1.807) is 19.9 Å². The highest BCUT2D eigenvalue weighted by molar-refractivity contribution is 7.89. The van der Waals surface area contributed by atoms with Crippen LogP contribution in [0.4, 0.5) is 0 Å². The van der Waals surface area contributed by atoms with Gasteiger partial charge in [0.1, 0.15) is 0 Å². The quantitative estimate of drug-likeness (QED) is 0.855. The molecule has 22 heavy (non-hydrogen) atoms. The summed E-state index contributed by atoms with van der Waals surface area (Å²) >= 11 is 1.46. The lowest BCUT2D eigenvalue weighted by Gasteiger charge is -2.31. The molecule has 0 aromatic carbocycles. The molecule has 0 aliphatic carbocycles. The van der Waals surface area contributed by atoms with Crippen molar-refractivity contribution in [3.8, 4) is 0 Å². The lowest BCUT2D eigenvalue weighted by molar-refractivity contribution is 0.309. The molecule has 1 aromatic heterocycles. The van der Waals surface area contributed by atoms with Crippen LogP contribution < -0.4 is 4.72 Å². The van der Waals surface area contributed by atoms with E-state index in [4.69, 9.17) is 0 Å². The van der Waals surface area contributed by atoms with E-state index in [9.17, 15) is 16.8 Å². The number of rotatable bonds is 5. The number of hydrogen-bond acceptors (Lipinski definition) is 5. The highest BCUT2D eigenvalue weighted by Crippen LogP contribution is 2.26. The van der Waals surface area contributed by atoms with Gasteiger partial charge in [0.05, 0.1) is 10.6 Å². The second kappa shape index (κ2) is 6.56. The van der Waals surface area contributed by atoms with Crippen LogP contribution in [-0.2, 0) is 20.0 Å². The van der Waals surface area contributed by atoms with E-state index in [2.05, 4.69) is 4.72 Å². The van der Waals surface area contributed by atoms with Crippen LogP contribution in [0.1, 0.15) is 29.5 Å². The first kappa shape index (κ1) is 17.9. The predicted octanol–water partition coefficient (Wildman–Crippen LogP) is 1.46. The van der Waals surface area contributed by atoms with Gasteiger partial charge in [-0.05, 0) is 39.7 Å². The van der Waals surface area contributed by atoms with Gasteiger partial charge in [-0.15, -0.1) is 11.3 Å². The molecule has 0 saturated carbocycles. The molecule has 1 aliphatic heterocycles. The van der Waals surface area contributed by atoms with Gasteiger partial charge >= 0.3 is 0 Å². The maximum absolute atomic E-state index is 12.4. The number of nitrogens with one attached hydrogen (secondary N) is 1. The Morgan fingerprint density at radius 2 is 1.82 bits per heavy atom. The fourth-order valence-electron chi connectivity index (χ4n) is 2.59. The van der Waals surface area contributed by atoms with Crippen molar-refractivity contribution < 1.29 is 16.8 Å². The van der Waals surface area contributed by atoms with Gasteiger partial charge < -0.3 is 0 Å². The average Bonchev–Trinajstić information content (AvgIpc) is 2.79. The van der Waals surface area contributed by atoms with Gasteiger partial charge in [0, 0.05) is 28.9 Å². The molecule has 6 nitrogen and oxygen atoms in total. The van der Waals surface area contributed by atoms with Crippen LogP contribution in [0.3, 0.4) is 0 Å². The Morgan fingerprint density at radius 1 is 1.23 bits per heavy atom. The monoisotopic (exact) mass is 366 g/mol. The number of hydrogen-bond donors (Lipinski definition) is 1. The summed E-state index contributed by atoms with van der Waals surface area (Å²) in [6.07, 6.45) is 1.00. The highest BCUT2D eigenvalue weighted by atomic mass is 32.2. The van der Waals surface area contributed by atoms with Crippen molar-refractivity contribution in [1.29, 1.82) is 0 Å². The van der Waals surface area contributed by atoms with Crippen molar-refractivity contribution in [2.45, 2.75) is 44.6 Å². The Labute approximate surface area is 136 Å². The van der Waals surface area contributed by atoms with Crippen molar-refractivity contribution in [1.82, 2.24) is 9.03 Å². The molecule has 0 unspecified atom stereocenters. The van der Waals surface area contributed by atoms with Crippen LogP contribution in [-0.4, -0.2) is 46.0 Å². The summed E-state index contributed by atoms with van der Waals surface area (Å²) in [5.74, 6) is 0.0801. The zero-order valence-corrected chi connectivity index (χ0v) is 15.4. The summed E-state index contributed by atoms with van der Waals surface area (Å²) in [6.45, 7) is 6.02. The number of thiophene rings is 1. The van der Waals surface area contributed by atoms with E-state index in [1.807, 2.05) is 6.92 Å². The van der Waals surface area contributed by atoms with Crippen molar-refractivity contribution >= 4 is 31.4 Å². The maximum atomic E-state index is 12.4. The van der Waals surface area contributed by atoms with Crippen LogP contribution >= 0.6 is 11.3 Å². The molecular weight excluding hydrogens is 344 g/mol. The van der Waals surface area contributed by atoms with E-state index in [0.29, 0.717) is 30.8 Å². The number of aryl methyl sites for hydroxylation is 2. The average molecular weight is 367 g/mol. The van der Waals surface area contributed by atoms with E-state index in [1.165, 1.54) is 15.6 Å². The number of sulfonamides is 2. The van der Waals surface area contributed by atoms with Gasteiger partial charge in [-0.3, -0.25) is 0 Å². The van der Waals surface area contributed by atoms with Gasteiger partial charge in [-0.2, -0.15) is 0 Å². The van der Waals surface area contributed by atoms with Crippen molar-refractivity contribution in [3.63, 3.8) is 0 Å². The first-order valence-corrected chi connectivity index (χ1v) is 11.1. The molecule has 2 rings (SSSR count). The van der Waals surface area contributed by atoms with Gasteiger partial charge in [0.25, 0.3) is 0 Å². The Kier molecular flexibility index (Phi) is 5.33. The molecule has 2 heterocycles. The summed E-state index contributed by atoms with van der Waals surface area (Å²) in [6, 6.07) is 1.46. The van der Waals surface area contributed by atoms with Gasteiger partial charge in [0.15, 0.2) is 0 Å². The minimum Gasteiger partial charge on any atom is -0.212 e. The molecule has 126 valence electrons. The third kappa shape index (κ3) is 3.88. The molecule has 1 N–H and O–H groups in total. The first-order valence-electron chi connectivity index (χ1n) is 7.23. The Bertz CT molecular complexity index is 729. The second-order valence-electron chi connectivity index (χ2n) is 5.47. The summed E-state index contributed by atoms with van der Waals surface area (Å²) in [4.78, 5) is 2.07. The van der Waals surface area contributed by atoms with Crippen LogP contribution in [0.15, 0.2) is 11.0 Å². The van der Waals surface area contributed by atoms with Gasteiger partial charge in [-0.25, -0.2) is 25.9 Å². The molecule has 1 aliphatic rings. The van der Waals surface area contributed by atoms with E-state index < -0.39 is 20.0 Å². The topological polar surface area (TPSA) is 83.6 Å². The first-order chi connectivity index (χ1) is 10.2. The third-order valence-electron chi connectivity index (χ3n) is 3.82. The van der Waals surface area contributed by atoms with Crippen molar-refractivity contribution in [2.24, 2.45) is 0 Å². The van der Waals surface area contributed by atoms with Crippen molar-refractivity contribution in [3.05, 3.63) is 15.8 Å². The fraction of sp³-hybridized carbons (Fsp3) is 0.692. The van der Waals surface area contributed by atoms with Crippen LogP contribution in [0.25, 0.3) is 0 Å². The molecular formula is C13H22N2O4S3. The standard InChI is InChI=1S/C13H22N2O4S3/c1-4-21(16,17)15-7-5-12(6-8-15)14-22(18,19)13-9-10(2)20-11(13)3/h9,12,14H,4-8H2,1-3H3. The van der Waals surface area contributed by atoms with Crippen LogP contribution in [0.2, 0.25) is 0 Å². The summed E-state index contributed by atoms with van der Waals surface area (Å²) in [5.41, 5.74) is 0. The molecule has 0 spiro atoms. The van der Waals surface area contributed by atoms with Crippen LogP contribution in [0, 0.1) is 13.8 Å². The summed E-state index contributed by atoms with van der Waals surface area (Å²) < 4.78 is 52.6. The molecule has 1 aromatic rings. The smallest absolute Gasteiger partial charge is 0.212 e. The largest absolute Gasteiger partial charge is 0.241 e. The van der Waals surface area contributed by atoms with E-state index in [-0.39, 0.29) is 11.8 Å². The minimum absolute atomic E-state index is 0.0801. The number of piperidine rings is 1. The summed E-state index contributed by atoms with van der Waals surface area (Å²) in [7, 11) is -6.72. The zero-order chi connectivity index (χ0) is 16.5. The lowest BCUT2D eigenvalue weighted by Crippen LogP contribution is -2.46. The molecule has 0 atom stereocenters. The third-order valence-corrected chi connectivity index (χ3v) is 8.44. The molecule has 9 heteroatoms. The van der Waals surface area contributed by atoms with Gasteiger partial charge in [0.2, 0.25) is 20.0 Å². The van der Waals surface area contributed by atoms with Crippen LogP contribution in [0.5, 0.6) is 0 Å². The van der Waals surface area contributed by atoms with E-state index in [0.717, 1.165) is 9.75 Å². The molecule has 0 bridgehead atoms. The maximum Gasteiger partial charge on any atom is 0.241 e. The SMILES string of the molecule is CCS(=O)(=O)N1CCC(NS(=O)(=O)c2cc(C)sc2C)CC1. The Morgan fingerprint density at radius 3 is 2.27 bits per heavy atom. The highest BCUT2D eigenvalue weighted by Gasteiger charge is 2.30. The molecule has 0 radical (unpaired) electrons. The normalized spacial score (nSPS) is 18.7. The van der Waals surface area contributed by atoms with Gasteiger partial charge in [-0.1, -0.05) is 0 Å². The zero-order valence-electron chi connectivity index (χ0n) is 13.0. The second-order valence-corrected chi connectivity index (χ2v) is 10.9. The molecule has 1 saturated heterocycles. The Balaban J connectivity index is 2.03. The fourth-order valence-corrected chi connectivity index (χ4v) is 6.58. The molecule has 1 fully saturated rings. The predicted molar refractivity (Wildman–Crippen MR) is 88.2 cm³/mol. The molecule has 0 amide bonds.